The molecule has 3 N–H and O–H groups in total. The molecule has 0 fully saturated rings. The zero-order chi connectivity index (χ0) is 21.8. The molecule has 0 unspecified atom stereocenters. The number of rotatable bonds is 14. The van der Waals surface area contributed by atoms with Crippen molar-refractivity contribution in [2.45, 2.75) is 58.0 Å². The number of ether oxygens (including phenoxy) is 1. The van der Waals surface area contributed by atoms with Crippen LogP contribution in [0.1, 0.15) is 50.8 Å². The fourth-order valence-electron chi connectivity index (χ4n) is 3.54. The number of aromatic nitrogens is 1. The lowest BCUT2D eigenvalue weighted by Gasteiger charge is -2.27. The topological polar surface area (TPSA) is 94.9 Å². The number of aryl methyl sites for hydroxylation is 2. The number of pyridine rings is 1. The second-order valence-electron chi connectivity index (χ2n) is 8.42. The molecule has 2 heterocycles. The van der Waals surface area contributed by atoms with Crippen molar-refractivity contribution >= 4 is 11.8 Å². The lowest BCUT2D eigenvalue weighted by atomic mass is 10.1. The van der Waals surface area contributed by atoms with Crippen LogP contribution in [0.3, 0.4) is 0 Å². The maximum Gasteiger partial charge on any atom is 0.328 e. The van der Waals surface area contributed by atoms with Crippen molar-refractivity contribution in [2.24, 2.45) is 0 Å². The van der Waals surface area contributed by atoms with Crippen LogP contribution < -0.4 is 5.32 Å². The molecule has 0 aromatic carbocycles. The summed E-state index contributed by atoms with van der Waals surface area (Å²) in [5, 5.41) is 21.3. The molecule has 0 atom stereocenters. The van der Waals surface area contributed by atoms with Gasteiger partial charge in [0.1, 0.15) is 5.82 Å². The van der Waals surface area contributed by atoms with Gasteiger partial charge < -0.3 is 20.3 Å². The van der Waals surface area contributed by atoms with Gasteiger partial charge in [-0.3, -0.25) is 4.90 Å². The van der Waals surface area contributed by atoms with E-state index in [0.29, 0.717) is 19.6 Å². The quantitative estimate of drug-likeness (QED) is 0.315. The van der Waals surface area contributed by atoms with Crippen LogP contribution in [0.2, 0.25) is 0 Å². The summed E-state index contributed by atoms with van der Waals surface area (Å²) in [6.07, 6.45) is 8.70. The minimum atomic E-state index is -0.928. The Morgan fingerprint density at radius 2 is 2.17 bits per heavy atom. The zero-order valence-corrected chi connectivity index (χ0v) is 18.4. The third kappa shape index (κ3) is 9.24. The van der Waals surface area contributed by atoms with Gasteiger partial charge in [-0.15, -0.1) is 0 Å². The van der Waals surface area contributed by atoms with Crippen LogP contribution in [-0.2, 0) is 22.4 Å². The molecule has 0 amide bonds. The Morgan fingerprint density at radius 1 is 1.33 bits per heavy atom. The Hall–Kier alpha value is -1.96. The maximum absolute atomic E-state index is 10.8. The number of carbonyl (C=O) groups is 1. The number of carboxylic acid groups (broad SMARTS) is 1. The van der Waals surface area contributed by atoms with Crippen molar-refractivity contribution < 1.29 is 19.7 Å². The number of carboxylic acids is 1. The van der Waals surface area contributed by atoms with Crippen LogP contribution in [0.25, 0.3) is 0 Å². The third-order valence-corrected chi connectivity index (χ3v) is 5.35. The average molecular weight is 420 g/mol. The number of aliphatic hydroxyl groups excluding tert-OH is 1. The second-order valence-corrected chi connectivity index (χ2v) is 8.42. The smallest absolute Gasteiger partial charge is 0.328 e. The predicted molar refractivity (Wildman–Crippen MR) is 119 cm³/mol. The standard InChI is InChI=1S/C23H37N3O4/c1-23(2,12-17-27)30-18-16-26(15-6-9-21(28)29)14-4-3-8-20-11-10-19-7-5-13-24-22(19)25-20/h6,9-11,27H,3-5,7-8,12-18H2,1-2H3,(H,24,25)(H,28,29)/b9-6+. The normalized spacial score (nSPS) is 14.1. The highest BCUT2D eigenvalue weighted by molar-refractivity contribution is 5.79. The molecule has 30 heavy (non-hydrogen) atoms. The minimum absolute atomic E-state index is 0.102. The Balaban J connectivity index is 1.77. The maximum atomic E-state index is 10.8. The van der Waals surface area contributed by atoms with Crippen LogP contribution >= 0.6 is 0 Å². The molecular formula is C23H37N3O4. The van der Waals surface area contributed by atoms with Crippen molar-refractivity contribution in [3.8, 4) is 0 Å². The van der Waals surface area contributed by atoms with Crippen molar-refractivity contribution in [3.63, 3.8) is 0 Å². The van der Waals surface area contributed by atoms with Gasteiger partial charge in [-0.2, -0.15) is 0 Å². The first-order valence-electron chi connectivity index (χ1n) is 11.0. The van der Waals surface area contributed by atoms with Gasteiger partial charge >= 0.3 is 5.97 Å². The van der Waals surface area contributed by atoms with Crippen LogP contribution in [0, 0.1) is 0 Å². The van der Waals surface area contributed by atoms with Gasteiger partial charge in [0, 0.05) is 38.0 Å². The highest BCUT2D eigenvalue weighted by atomic mass is 16.5. The van der Waals surface area contributed by atoms with E-state index >= 15 is 0 Å². The average Bonchev–Trinajstić information content (AvgIpc) is 2.70. The number of nitrogens with one attached hydrogen (secondary N) is 1. The largest absolute Gasteiger partial charge is 0.478 e. The van der Waals surface area contributed by atoms with Gasteiger partial charge in [-0.1, -0.05) is 12.1 Å². The third-order valence-electron chi connectivity index (χ3n) is 5.35. The number of hydrogen-bond donors (Lipinski definition) is 3. The van der Waals surface area contributed by atoms with Gasteiger partial charge in [-0.25, -0.2) is 9.78 Å². The molecule has 0 aliphatic carbocycles. The molecule has 1 aromatic heterocycles. The minimum Gasteiger partial charge on any atom is -0.478 e. The molecule has 1 aliphatic rings. The summed E-state index contributed by atoms with van der Waals surface area (Å²) in [6, 6.07) is 4.33. The van der Waals surface area contributed by atoms with E-state index in [0.717, 1.165) is 56.8 Å². The number of anilines is 1. The molecule has 0 saturated carbocycles. The van der Waals surface area contributed by atoms with E-state index in [1.165, 1.54) is 18.1 Å². The Kier molecular flexibility index (Phi) is 10.3. The summed E-state index contributed by atoms with van der Waals surface area (Å²) in [7, 11) is 0. The number of aliphatic hydroxyl groups is 1. The molecule has 0 spiro atoms. The van der Waals surface area contributed by atoms with Crippen molar-refractivity contribution in [2.75, 3.05) is 44.7 Å². The highest BCUT2D eigenvalue weighted by Gasteiger charge is 2.17. The number of nitrogens with zero attached hydrogens (tertiary/aromatic N) is 2. The summed E-state index contributed by atoms with van der Waals surface area (Å²) < 4.78 is 5.90. The Bertz CT molecular complexity index is 691. The molecular weight excluding hydrogens is 382 g/mol. The van der Waals surface area contributed by atoms with E-state index in [2.05, 4.69) is 22.3 Å². The number of hydrogen-bond acceptors (Lipinski definition) is 6. The summed E-state index contributed by atoms with van der Waals surface area (Å²) in [6.45, 7) is 7.76. The van der Waals surface area contributed by atoms with E-state index in [-0.39, 0.29) is 12.2 Å². The molecule has 0 saturated heterocycles. The number of aliphatic carboxylic acids is 1. The van der Waals surface area contributed by atoms with Gasteiger partial charge in [0.15, 0.2) is 0 Å². The van der Waals surface area contributed by atoms with Crippen molar-refractivity contribution in [1.82, 2.24) is 9.88 Å². The van der Waals surface area contributed by atoms with Gasteiger partial charge in [0.2, 0.25) is 0 Å². The lowest BCUT2D eigenvalue weighted by Crippen LogP contribution is -2.33. The summed E-state index contributed by atoms with van der Waals surface area (Å²) >= 11 is 0. The van der Waals surface area contributed by atoms with E-state index in [9.17, 15) is 4.79 Å². The Labute approximate surface area is 180 Å². The number of fused-ring (bicyclic) bond motifs is 1. The van der Waals surface area contributed by atoms with Gasteiger partial charge in [0.25, 0.3) is 0 Å². The predicted octanol–water partition coefficient (Wildman–Crippen LogP) is 2.88. The first-order valence-corrected chi connectivity index (χ1v) is 11.0. The zero-order valence-electron chi connectivity index (χ0n) is 18.4. The van der Waals surface area contributed by atoms with Crippen molar-refractivity contribution in [1.29, 1.82) is 0 Å². The molecule has 7 nitrogen and oxygen atoms in total. The lowest BCUT2D eigenvalue weighted by molar-refractivity contribution is -0.131. The van der Waals surface area contributed by atoms with Crippen LogP contribution in [0.15, 0.2) is 24.3 Å². The van der Waals surface area contributed by atoms with Gasteiger partial charge in [-0.05, 0) is 70.5 Å². The molecule has 0 bridgehead atoms. The SMILES string of the molecule is CC(C)(CCO)OCCN(C/C=C/C(=O)O)CCCCc1ccc2c(n1)NCCC2. The van der Waals surface area contributed by atoms with E-state index in [1.54, 1.807) is 6.08 Å². The van der Waals surface area contributed by atoms with Crippen LogP contribution in [0.4, 0.5) is 5.82 Å². The first kappa shape index (κ1) is 24.3. The van der Waals surface area contributed by atoms with Gasteiger partial charge in [0.05, 0.1) is 12.2 Å². The fourth-order valence-corrected chi connectivity index (χ4v) is 3.54. The fraction of sp³-hybridized carbons (Fsp3) is 0.652. The van der Waals surface area contributed by atoms with E-state index in [4.69, 9.17) is 19.9 Å². The summed E-state index contributed by atoms with van der Waals surface area (Å²) in [5.74, 6) is 0.115. The summed E-state index contributed by atoms with van der Waals surface area (Å²) in [4.78, 5) is 17.7. The Morgan fingerprint density at radius 3 is 2.93 bits per heavy atom. The molecule has 1 aromatic rings. The molecule has 1 aliphatic heterocycles. The molecule has 7 heteroatoms. The van der Waals surface area contributed by atoms with Crippen molar-refractivity contribution in [3.05, 3.63) is 35.5 Å². The first-order chi connectivity index (χ1) is 14.4. The molecule has 0 radical (unpaired) electrons. The van der Waals surface area contributed by atoms with Crippen LogP contribution in [0.5, 0.6) is 0 Å². The second kappa shape index (κ2) is 12.7. The highest BCUT2D eigenvalue weighted by Crippen LogP contribution is 2.20. The summed E-state index contributed by atoms with van der Waals surface area (Å²) in [5.41, 5.74) is 2.07. The van der Waals surface area contributed by atoms with E-state index in [1.807, 2.05) is 13.8 Å². The monoisotopic (exact) mass is 419 g/mol. The number of unbranched alkanes of at least 4 members (excludes halogenated alkanes) is 1. The molecule has 168 valence electrons. The molecule has 2 rings (SSSR count). The van der Waals surface area contributed by atoms with Crippen LogP contribution in [-0.4, -0.2) is 71.1 Å². The van der Waals surface area contributed by atoms with E-state index < -0.39 is 5.97 Å².